The van der Waals surface area contributed by atoms with E-state index in [0.717, 1.165) is 12.8 Å². The molecule has 92 valence electrons. The summed E-state index contributed by atoms with van der Waals surface area (Å²) in [6.07, 6.45) is 2.22. The number of likely N-dealkylation sites (N-methyl/N-ethyl adjacent to an activating group) is 1. The van der Waals surface area contributed by atoms with E-state index in [4.69, 9.17) is 9.47 Å². The van der Waals surface area contributed by atoms with Crippen molar-refractivity contribution in [3.8, 4) is 11.5 Å². The highest BCUT2D eigenvalue weighted by molar-refractivity contribution is 5.78. The number of hydrogen-bond donors (Lipinski definition) is 0. The minimum absolute atomic E-state index is 0.0124. The van der Waals surface area contributed by atoms with Crippen LogP contribution in [0, 0.1) is 0 Å². The molecule has 0 unspecified atom stereocenters. The molecule has 4 heteroatoms. The molecule has 0 saturated heterocycles. The van der Waals surface area contributed by atoms with Crippen LogP contribution >= 0.6 is 0 Å². The van der Waals surface area contributed by atoms with Crippen molar-refractivity contribution in [1.29, 1.82) is 0 Å². The molecule has 1 aliphatic carbocycles. The molecule has 0 aliphatic heterocycles. The number of carbonyl (C=O) groups is 1. The van der Waals surface area contributed by atoms with E-state index < -0.39 is 0 Å². The van der Waals surface area contributed by atoms with Crippen LogP contribution in [-0.4, -0.2) is 37.6 Å². The topological polar surface area (TPSA) is 38.8 Å². The molecule has 0 N–H and O–H groups in total. The quantitative estimate of drug-likeness (QED) is 0.779. The second-order valence-electron chi connectivity index (χ2n) is 4.18. The molecule has 1 fully saturated rings. The van der Waals surface area contributed by atoms with Crippen molar-refractivity contribution in [2.75, 3.05) is 20.8 Å². The van der Waals surface area contributed by atoms with Crippen molar-refractivity contribution >= 4 is 5.91 Å². The number of methoxy groups -OCH3 is 1. The van der Waals surface area contributed by atoms with E-state index in [1.165, 1.54) is 0 Å². The van der Waals surface area contributed by atoms with Gasteiger partial charge in [-0.05, 0) is 25.0 Å². The summed E-state index contributed by atoms with van der Waals surface area (Å²) >= 11 is 0. The Morgan fingerprint density at radius 3 is 2.59 bits per heavy atom. The summed E-state index contributed by atoms with van der Waals surface area (Å²) in [5, 5.41) is 0. The Hall–Kier alpha value is -1.71. The molecular formula is C13H17NO3. The second-order valence-corrected chi connectivity index (χ2v) is 4.18. The smallest absolute Gasteiger partial charge is 0.260 e. The maximum absolute atomic E-state index is 11.8. The van der Waals surface area contributed by atoms with Gasteiger partial charge in [-0.15, -0.1) is 0 Å². The summed E-state index contributed by atoms with van der Waals surface area (Å²) in [6, 6.07) is 7.74. The number of ether oxygens (including phenoxy) is 2. The molecule has 0 heterocycles. The first kappa shape index (κ1) is 11.8. The SMILES string of the molecule is COc1ccccc1OCC(=O)N(C)C1CC1. The van der Waals surface area contributed by atoms with Crippen molar-refractivity contribution in [3.05, 3.63) is 24.3 Å². The van der Waals surface area contributed by atoms with Crippen LogP contribution in [0.5, 0.6) is 11.5 Å². The van der Waals surface area contributed by atoms with E-state index in [2.05, 4.69) is 0 Å². The third-order valence-electron chi connectivity index (χ3n) is 2.91. The summed E-state index contributed by atoms with van der Waals surface area (Å²) in [7, 11) is 3.41. The average molecular weight is 235 g/mol. The number of para-hydroxylation sites is 2. The van der Waals surface area contributed by atoms with Gasteiger partial charge in [-0.25, -0.2) is 0 Å². The first-order chi connectivity index (χ1) is 8.22. The van der Waals surface area contributed by atoms with Crippen molar-refractivity contribution in [1.82, 2.24) is 4.90 Å². The first-order valence-corrected chi connectivity index (χ1v) is 5.74. The molecule has 0 aromatic heterocycles. The predicted molar refractivity (Wildman–Crippen MR) is 64.3 cm³/mol. The molecule has 2 rings (SSSR count). The third kappa shape index (κ3) is 2.90. The minimum Gasteiger partial charge on any atom is -0.493 e. The predicted octanol–water partition coefficient (Wildman–Crippen LogP) is 1.69. The molecular weight excluding hydrogens is 218 g/mol. The van der Waals surface area contributed by atoms with E-state index in [1.54, 1.807) is 18.1 Å². The lowest BCUT2D eigenvalue weighted by atomic mass is 10.3. The van der Waals surface area contributed by atoms with Crippen molar-refractivity contribution in [3.63, 3.8) is 0 Å². The van der Waals surface area contributed by atoms with Gasteiger partial charge in [0.25, 0.3) is 5.91 Å². The minimum atomic E-state index is 0.0124. The van der Waals surface area contributed by atoms with Gasteiger partial charge in [-0.3, -0.25) is 4.79 Å². The molecule has 1 aromatic carbocycles. The van der Waals surface area contributed by atoms with Crippen molar-refractivity contribution in [2.45, 2.75) is 18.9 Å². The maximum atomic E-state index is 11.8. The van der Waals surface area contributed by atoms with Gasteiger partial charge in [-0.2, -0.15) is 0 Å². The molecule has 0 bridgehead atoms. The fourth-order valence-corrected chi connectivity index (χ4v) is 1.64. The van der Waals surface area contributed by atoms with Crippen LogP contribution in [0.1, 0.15) is 12.8 Å². The monoisotopic (exact) mass is 235 g/mol. The lowest BCUT2D eigenvalue weighted by Gasteiger charge is -2.17. The van der Waals surface area contributed by atoms with Crippen LogP contribution in [0.15, 0.2) is 24.3 Å². The zero-order valence-corrected chi connectivity index (χ0v) is 10.2. The Bertz CT molecular complexity index is 401. The molecule has 0 atom stereocenters. The largest absolute Gasteiger partial charge is 0.493 e. The molecule has 1 aromatic rings. The highest BCUT2D eigenvalue weighted by atomic mass is 16.5. The van der Waals surface area contributed by atoms with E-state index in [1.807, 2.05) is 25.2 Å². The molecule has 0 radical (unpaired) electrons. The third-order valence-corrected chi connectivity index (χ3v) is 2.91. The molecule has 1 aliphatic rings. The summed E-state index contributed by atoms with van der Waals surface area (Å²) in [5.41, 5.74) is 0. The van der Waals surface area contributed by atoms with Gasteiger partial charge in [0, 0.05) is 13.1 Å². The van der Waals surface area contributed by atoms with Gasteiger partial charge in [0.05, 0.1) is 7.11 Å². The first-order valence-electron chi connectivity index (χ1n) is 5.74. The molecule has 1 amide bonds. The van der Waals surface area contributed by atoms with Crippen LogP contribution in [0.2, 0.25) is 0 Å². The maximum Gasteiger partial charge on any atom is 0.260 e. The highest BCUT2D eigenvalue weighted by Crippen LogP contribution is 2.27. The lowest BCUT2D eigenvalue weighted by Crippen LogP contribution is -2.33. The van der Waals surface area contributed by atoms with Gasteiger partial charge in [-0.1, -0.05) is 12.1 Å². The normalized spacial score (nSPS) is 14.2. The van der Waals surface area contributed by atoms with Crippen LogP contribution < -0.4 is 9.47 Å². The zero-order chi connectivity index (χ0) is 12.3. The van der Waals surface area contributed by atoms with Gasteiger partial charge in [0.15, 0.2) is 18.1 Å². The Morgan fingerprint density at radius 1 is 1.35 bits per heavy atom. The Kier molecular flexibility index (Phi) is 3.52. The number of hydrogen-bond acceptors (Lipinski definition) is 3. The van der Waals surface area contributed by atoms with Gasteiger partial charge < -0.3 is 14.4 Å². The summed E-state index contributed by atoms with van der Waals surface area (Å²) in [4.78, 5) is 13.5. The molecule has 0 spiro atoms. The number of benzene rings is 1. The van der Waals surface area contributed by atoms with Crippen LogP contribution in [0.4, 0.5) is 0 Å². The Morgan fingerprint density at radius 2 is 2.00 bits per heavy atom. The van der Waals surface area contributed by atoms with E-state index in [0.29, 0.717) is 17.5 Å². The molecule has 17 heavy (non-hydrogen) atoms. The van der Waals surface area contributed by atoms with Crippen LogP contribution in [-0.2, 0) is 4.79 Å². The van der Waals surface area contributed by atoms with E-state index in [9.17, 15) is 4.79 Å². The summed E-state index contributed by atoms with van der Waals surface area (Å²) in [6.45, 7) is 0.0629. The fraction of sp³-hybridized carbons (Fsp3) is 0.462. The number of amides is 1. The highest BCUT2D eigenvalue weighted by Gasteiger charge is 2.29. The molecule has 4 nitrogen and oxygen atoms in total. The summed E-state index contributed by atoms with van der Waals surface area (Å²) in [5.74, 6) is 1.26. The van der Waals surface area contributed by atoms with Crippen LogP contribution in [0.3, 0.4) is 0 Å². The number of nitrogens with zero attached hydrogens (tertiary/aromatic N) is 1. The fourth-order valence-electron chi connectivity index (χ4n) is 1.64. The summed E-state index contributed by atoms with van der Waals surface area (Å²) < 4.78 is 10.6. The standard InChI is InChI=1S/C13H17NO3/c1-14(10-7-8-10)13(15)9-17-12-6-4-3-5-11(12)16-2/h3-6,10H,7-9H2,1-2H3. The van der Waals surface area contributed by atoms with Crippen molar-refractivity contribution in [2.24, 2.45) is 0 Å². The van der Waals surface area contributed by atoms with Crippen LogP contribution in [0.25, 0.3) is 0 Å². The van der Waals surface area contributed by atoms with Gasteiger partial charge in [0.1, 0.15) is 0 Å². The number of rotatable bonds is 5. The lowest BCUT2D eigenvalue weighted by molar-refractivity contribution is -0.132. The van der Waals surface area contributed by atoms with E-state index in [-0.39, 0.29) is 12.5 Å². The zero-order valence-electron chi connectivity index (χ0n) is 10.2. The van der Waals surface area contributed by atoms with Gasteiger partial charge in [0.2, 0.25) is 0 Å². The number of carbonyl (C=O) groups excluding carboxylic acids is 1. The second kappa shape index (κ2) is 5.08. The van der Waals surface area contributed by atoms with Crippen molar-refractivity contribution < 1.29 is 14.3 Å². The van der Waals surface area contributed by atoms with Gasteiger partial charge >= 0.3 is 0 Å². The van der Waals surface area contributed by atoms with E-state index >= 15 is 0 Å². The Balaban J connectivity index is 1.90. The molecule has 1 saturated carbocycles. The Labute approximate surface area is 101 Å². The average Bonchev–Trinajstić information content (AvgIpc) is 3.19.